The van der Waals surface area contributed by atoms with Crippen molar-refractivity contribution >= 4 is 24.7 Å². The van der Waals surface area contributed by atoms with Gasteiger partial charge in [0, 0.05) is 6.92 Å². The highest BCUT2D eigenvalue weighted by Gasteiger charge is 2.49. The van der Waals surface area contributed by atoms with Crippen molar-refractivity contribution in [2.24, 2.45) is 11.8 Å². The topological polar surface area (TPSA) is 46.5 Å². The number of rotatable bonds is 8. The predicted molar refractivity (Wildman–Crippen MR) is 125 cm³/mol. The van der Waals surface area contributed by atoms with Gasteiger partial charge < -0.3 is 9.53 Å². The van der Waals surface area contributed by atoms with Gasteiger partial charge in [0.1, 0.15) is 0 Å². The number of benzene rings is 2. The smallest absolute Gasteiger partial charge is 0.302 e. The minimum absolute atomic E-state index is 0.210. The van der Waals surface area contributed by atoms with Crippen molar-refractivity contribution in [3.05, 3.63) is 72.8 Å². The highest BCUT2D eigenvalue weighted by molar-refractivity contribution is 6.98. The molecule has 1 aliphatic rings. The average molecular weight is 423 g/mol. The molecule has 0 bridgehead atoms. The summed E-state index contributed by atoms with van der Waals surface area (Å²) in [5, 5.41) is 1.87. The van der Waals surface area contributed by atoms with Gasteiger partial charge in [-0.3, -0.25) is 4.79 Å². The molecule has 1 N–H and O–H groups in total. The molecule has 2 aromatic rings. The fourth-order valence-corrected chi connectivity index (χ4v) is 8.50. The molecule has 4 heteroatoms. The van der Waals surface area contributed by atoms with Gasteiger partial charge in [-0.15, -0.1) is 0 Å². The molecule has 2 aromatic carbocycles. The van der Waals surface area contributed by atoms with Gasteiger partial charge in [0.25, 0.3) is 8.32 Å². The first-order chi connectivity index (χ1) is 14.3. The van der Waals surface area contributed by atoms with Crippen LogP contribution >= 0.6 is 0 Å². The molecule has 0 heterocycles. The number of carbonyl (C=O) groups is 1. The minimum Gasteiger partial charge on any atom is -0.466 e. The first-order valence-corrected chi connectivity index (χ1v) is 12.9. The SMILES string of the molecule is CC(=O)OC[C@H]1CC=CC[C@H]1CCC(C)(C)[Si](O)(c1ccccc1)c1ccccc1. The lowest BCUT2D eigenvalue weighted by Crippen LogP contribution is -2.65. The van der Waals surface area contributed by atoms with E-state index in [-0.39, 0.29) is 11.0 Å². The molecule has 0 unspecified atom stereocenters. The first kappa shape index (κ1) is 22.5. The third-order valence-corrected chi connectivity index (χ3v) is 11.3. The summed E-state index contributed by atoms with van der Waals surface area (Å²) in [5.74, 6) is 0.620. The zero-order valence-corrected chi connectivity index (χ0v) is 19.4. The van der Waals surface area contributed by atoms with Crippen molar-refractivity contribution in [1.29, 1.82) is 0 Å². The molecule has 0 spiro atoms. The first-order valence-electron chi connectivity index (χ1n) is 11.0. The molecule has 2 atom stereocenters. The molecular weight excluding hydrogens is 388 g/mol. The molecule has 160 valence electrons. The number of esters is 1. The highest BCUT2D eigenvalue weighted by Crippen LogP contribution is 2.43. The van der Waals surface area contributed by atoms with Crippen molar-refractivity contribution in [3.63, 3.8) is 0 Å². The van der Waals surface area contributed by atoms with E-state index in [1.807, 2.05) is 36.4 Å². The van der Waals surface area contributed by atoms with E-state index < -0.39 is 8.32 Å². The summed E-state index contributed by atoms with van der Waals surface area (Å²) in [5.41, 5.74) is 0. The van der Waals surface area contributed by atoms with Gasteiger partial charge >= 0.3 is 5.97 Å². The molecule has 0 saturated carbocycles. The monoisotopic (exact) mass is 422 g/mol. The fraction of sp³-hybridized carbons (Fsp3) is 0.423. The van der Waals surface area contributed by atoms with Crippen molar-refractivity contribution in [3.8, 4) is 0 Å². The van der Waals surface area contributed by atoms with Crippen LogP contribution in [0.5, 0.6) is 0 Å². The lowest BCUT2D eigenvalue weighted by atomic mass is 9.79. The maximum absolute atomic E-state index is 12.3. The largest absolute Gasteiger partial charge is 0.466 e. The third-order valence-electron chi connectivity index (χ3n) is 6.71. The highest BCUT2D eigenvalue weighted by atomic mass is 28.4. The molecule has 3 rings (SSSR count). The molecular formula is C26H34O3Si. The van der Waals surface area contributed by atoms with E-state index in [1.165, 1.54) is 6.92 Å². The molecule has 0 aliphatic heterocycles. The maximum atomic E-state index is 12.3. The van der Waals surface area contributed by atoms with Crippen LogP contribution in [0.4, 0.5) is 0 Å². The van der Waals surface area contributed by atoms with E-state index >= 15 is 0 Å². The summed E-state index contributed by atoms with van der Waals surface area (Å²) in [6.07, 6.45) is 8.36. The quantitative estimate of drug-likeness (QED) is 0.388. The summed E-state index contributed by atoms with van der Waals surface area (Å²) in [4.78, 5) is 23.6. The van der Waals surface area contributed by atoms with Gasteiger partial charge in [-0.2, -0.15) is 0 Å². The summed E-state index contributed by atoms with van der Waals surface area (Å²) in [6, 6.07) is 20.4. The lowest BCUT2D eigenvalue weighted by Gasteiger charge is -2.42. The van der Waals surface area contributed by atoms with Crippen molar-refractivity contribution in [2.45, 2.75) is 51.5 Å². The number of allylic oxidation sites excluding steroid dienone is 2. The van der Waals surface area contributed by atoms with E-state index in [4.69, 9.17) is 4.74 Å². The molecule has 1 aliphatic carbocycles. The van der Waals surface area contributed by atoms with Crippen LogP contribution in [-0.2, 0) is 9.53 Å². The predicted octanol–water partition coefficient (Wildman–Crippen LogP) is 4.44. The molecule has 0 radical (unpaired) electrons. The Balaban J connectivity index is 1.83. The Morgan fingerprint density at radius 1 is 0.967 bits per heavy atom. The standard InChI is InChI=1S/C26H34O3Si/c1-21(27)29-20-23-13-11-10-12-22(23)18-19-26(2,3)30(28,24-14-6-4-7-15-24)25-16-8-5-9-17-25/h4-11,14-17,22-23,28H,12-13,18-20H2,1-3H3/t22-,23+/m0/s1. The Bertz CT molecular complexity index is 806. The molecule has 30 heavy (non-hydrogen) atoms. The second kappa shape index (κ2) is 9.76. The number of hydrogen-bond donors (Lipinski definition) is 1. The van der Waals surface area contributed by atoms with Crippen LogP contribution in [0.1, 0.15) is 46.5 Å². The van der Waals surface area contributed by atoms with Gasteiger partial charge in [0.05, 0.1) is 6.61 Å². The number of hydrogen-bond acceptors (Lipinski definition) is 3. The van der Waals surface area contributed by atoms with Gasteiger partial charge in [0.2, 0.25) is 0 Å². The third kappa shape index (κ3) is 4.93. The van der Waals surface area contributed by atoms with Gasteiger partial charge in [0.15, 0.2) is 0 Å². The van der Waals surface area contributed by atoms with Crippen LogP contribution in [0.15, 0.2) is 72.8 Å². The molecule has 0 saturated heterocycles. The summed E-state index contributed by atoms with van der Waals surface area (Å²) in [6.45, 7) is 6.41. The van der Waals surface area contributed by atoms with Crippen LogP contribution in [-0.4, -0.2) is 25.7 Å². The lowest BCUT2D eigenvalue weighted by molar-refractivity contribution is -0.142. The zero-order valence-electron chi connectivity index (χ0n) is 18.4. The Morgan fingerprint density at radius 2 is 1.47 bits per heavy atom. The average Bonchev–Trinajstić information content (AvgIpc) is 2.77. The van der Waals surface area contributed by atoms with Crippen molar-refractivity contribution in [2.75, 3.05) is 6.61 Å². The summed E-state index contributed by atoms with van der Waals surface area (Å²) < 4.78 is 5.34. The zero-order chi connectivity index (χ0) is 21.6. The maximum Gasteiger partial charge on any atom is 0.302 e. The fourth-order valence-electron chi connectivity index (χ4n) is 4.74. The van der Waals surface area contributed by atoms with Crippen LogP contribution in [0.2, 0.25) is 5.04 Å². The molecule has 0 aromatic heterocycles. The Labute approximate surface area is 181 Å². The summed E-state index contributed by atoms with van der Waals surface area (Å²) >= 11 is 0. The normalized spacial score (nSPS) is 19.5. The van der Waals surface area contributed by atoms with Crippen LogP contribution in [0.25, 0.3) is 0 Å². The second-order valence-corrected chi connectivity index (χ2v) is 13.1. The molecule has 0 amide bonds. The van der Waals surface area contributed by atoms with Crippen LogP contribution in [0.3, 0.4) is 0 Å². The van der Waals surface area contributed by atoms with E-state index in [1.54, 1.807) is 0 Å². The Hall–Kier alpha value is -2.17. The van der Waals surface area contributed by atoms with E-state index in [0.29, 0.717) is 18.4 Å². The van der Waals surface area contributed by atoms with E-state index in [0.717, 1.165) is 36.1 Å². The Morgan fingerprint density at radius 3 is 1.97 bits per heavy atom. The van der Waals surface area contributed by atoms with Gasteiger partial charge in [-0.25, -0.2) is 0 Å². The van der Waals surface area contributed by atoms with Gasteiger partial charge in [-0.1, -0.05) is 86.7 Å². The van der Waals surface area contributed by atoms with Crippen molar-refractivity contribution in [1.82, 2.24) is 0 Å². The summed E-state index contributed by atoms with van der Waals surface area (Å²) in [7, 11) is -2.98. The van der Waals surface area contributed by atoms with Gasteiger partial charge in [-0.05, 0) is 52.9 Å². The minimum atomic E-state index is -2.98. The molecule has 0 fully saturated rings. The number of carbonyl (C=O) groups excluding carboxylic acids is 1. The number of ether oxygens (including phenoxy) is 1. The van der Waals surface area contributed by atoms with E-state index in [2.05, 4.69) is 50.3 Å². The second-order valence-electron chi connectivity index (χ2n) is 9.13. The molecule has 3 nitrogen and oxygen atoms in total. The van der Waals surface area contributed by atoms with Crippen LogP contribution < -0.4 is 10.4 Å². The Kier molecular flexibility index (Phi) is 7.32. The van der Waals surface area contributed by atoms with Crippen LogP contribution in [0, 0.1) is 11.8 Å². The van der Waals surface area contributed by atoms with Crippen molar-refractivity contribution < 1.29 is 14.3 Å². The van der Waals surface area contributed by atoms with E-state index in [9.17, 15) is 9.59 Å².